The summed E-state index contributed by atoms with van der Waals surface area (Å²) in [6.45, 7) is 16.9. The van der Waals surface area contributed by atoms with Gasteiger partial charge < -0.3 is 38.3 Å². The zero-order valence-electron chi connectivity index (χ0n) is 31.0. The summed E-state index contributed by atoms with van der Waals surface area (Å²) in [6, 6.07) is 13.6. The van der Waals surface area contributed by atoms with Crippen molar-refractivity contribution in [1.29, 1.82) is 0 Å². The molecule has 6 rings (SSSR count). The third-order valence-corrected chi connectivity index (χ3v) is 10.1. The summed E-state index contributed by atoms with van der Waals surface area (Å²) in [4.78, 5) is 0. The standard InChI is InChI=1S/C42H58O8/c1-7-10-30-16-38(47-24-33-21-44-33)39(48-25-34-22-45-34)18-36(30)41(29-14-12-28(13-15-29)27(4)5)37-19-42(6,50-26-35-23-46-35)40(17-31(37)11-8-2)49-20-32(43)9-3/h12-19,27,32-35,40-41,43H,7-11,20-26H2,1-6H3. The van der Waals surface area contributed by atoms with E-state index >= 15 is 0 Å². The summed E-state index contributed by atoms with van der Waals surface area (Å²) < 4.78 is 42.6. The van der Waals surface area contributed by atoms with E-state index < -0.39 is 11.7 Å². The second-order valence-electron chi connectivity index (χ2n) is 14.8. The highest BCUT2D eigenvalue weighted by Crippen LogP contribution is 2.47. The Morgan fingerprint density at radius 1 is 0.820 bits per heavy atom. The van der Waals surface area contributed by atoms with Gasteiger partial charge in [-0.15, -0.1) is 0 Å². The van der Waals surface area contributed by atoms with Crippen molar-refractivity contribution in [2.75, 3.05) is 46.2 Å². The van der Waals surface area contributed by atoms with Crippen LogP contribution in [0, 0.1) is 0 Å². The molecule has 0 bridgehead atoms. The highest BCUT2D eigenvalue weighted by molar-refractivity contribution is 5.58. The lowest BCUT2D eigenvalue weighted by Gasteiger charge is -2.40. The van der Waals surface area contributed by atoms with Gasteiger partial charge in [0.1, 0.15) is 43.2 Å². The highest BCUT2D eigenvalue weighted by atomic mass is 16.6. The van der Waals surface area contributed by atoms with Crippen LogP contribution in [0.5, 0.6) is 11.5 Å². The van der Waals surface area contributed by atoms with Crippen LogP contribution in [0.4, 0.5) is 0 Å². The molecule has 8 heteroatoms. The van der Waals surface area contributed by atoms with Gasteiger partial charge in [0.05, 0.1) is 39.1 Å². The van der Waals surface area contributed by atoms with E-state index in [9.17, 15) is 5.11 Å². The van der Waals surface area contributed by atoms with Crippen molar-refractivity contribution in [3.8, 4) is 11.5 Å². The van der Waals surface area contributed by atoms with Gasteiger partial charge in [-0.3, -0.25) is 0 Å². The quantitative estimate of drug-likeness (QED) is 0.135. The Kier molecular flexibility index (Phi) is 12.4. The molecule has 3 heterocycles. The minimum Gasteiger partial charge on any atom is -0.487 e. The molecule has 1 N–H and O–H groups in total. The topological polar surface area (TPSA) is 94.7 Å². The van der Waals surface area contributed by atoms with Crippen LogP contribution in [0.3, 0.4) is 0 Å². The van der Waals surface area contributed by atoms with E-state index in [-0.39, 0.29) is 36.9 Å². The summed E-state index contributed by atoms with van der Waals surface area (Å²) in [5.41, 5.74) is 6.65. The van der Waals surface area contributed by atoms with Gasteiger partial charge in [-0.2, -0.15) is 0 Å². The normalized spacial score (nSPS) is 26.6. The zero-order chi connectivity index (χ0) is 35.3. The highest BCUT2D eigenvalue weighted by Gasteiger charge is 2.42. The predicted molar refractivity (Wildman–Crippen MR) is 194 cm³/mol. The van der Waals surface area contributed by atoms with Crippen LogP contribution in [0.1, 0.15) is 101 Å². The molecule has 7 unspecified atom stereocenters. The van der Waals surface area contributed by atoms with Crippen molar-refractivity contribution in [3.63, 3.8) is 0 Å². The molecule has 3 aliphatic heterocycles. The molecule has 0 spiro atoms. The maximum atomic E-state index is 10.5. The third-order valence-electron chi connectivity index (χ3n) is 10.1. The van der Waals surface area contributed by atoms with E-state index in [0.29, 0.717) is 38.8 Å². The molecule has 2 aromatic carbocycles. The second-order valence-corrected chi connectivity index (χ2v) is 14.8. The van der Waals surface area contributed by atoms with Crippen LogP contribution in [0.25, 0.3) is 0 Å². The molecule has 8 nitrogen and oxygen atoms in total. The van der Waals surface area contributed by atoms with Crippen molar-refractivity contribution in [2.45, 2.75) is 122 Å². The summed E-state index contributed by atoms with van der Waals surface area (Å²) in [5.74, 6) is 1.82. The molecule has 0 amide bonds. The Labute approximate surface area is 299 Å². The summed E-state index contributed by atoms with van der Waals surface area (Å²) >= 11 is 0. The second kappa shape index (κ2) is 16.7. The number of ether oxygens (including phenoxy) is 7. The van der Waals surface area contributed by atoms with E-state index in [1.807, 2.05) is 6.92 Å². The molecule has 1 aliphatic carbocycles. The fraction of sp³-hybridized carbons (Fsp3) is 0.619. The van der Waals surface area contributed by atoms with Crippen molar-refractivity contribution in [3.05, 3.63) is 82.0 Å². The average molecular weight is 691 g/mol. The number of epoxide rings is 3. The molecule has 0 aromatic heterocycles. The minimum absolute atomic E-state index is 0.0989. The first kappa shape index (κ1) is 37.1. The van der Waals surface area contributed by atoms with Crippen molar-refractivity contribution < 1.29 is 38.3 Å². The number of aliphatic hydroxyl groups is 1. The molecule has 7 atom stereocenters. The van der Waals surface area contributed by atoms with Crippen LogP contribution in [0.15, 0.2) is 59.7 Å². The smallest absolute Gasteiger partial charge is 0.161 e. The van der Waals surface area contributed by atoms with Crippen molar-refractivity contribution in [1.82, 2.24) is 0 Å². The minimum atomic E-state index is -0.775. The van der Waals surface area contributed by atoms with Crippen LogP contribution in [0.2, 0.25) is 0 Å². The van der Waals surface area contributed by atoms with Gasteiger partial charge in [0.15, 0.2) is 11.5 Å². The maximum absolute atomic E-state index is 10.5. The van der Waals surface area contributed by atoms with Crippen molar-refractivity contribution >= 4 is 0 Å². The lowest BCUT2D eigenvalue weighted by atomic mass is 9.72. The Morgan fingerprint density at radius 2 is 1.40 bits per heavy atom. The van der Waals surface area contributed by atoms with Crippen LogP contribution in [-0.2, 0) is 30.1 Å². The first-order valence-corrected chi connectivity index (χ1v) is 19.0. The number of hydrogen-bond acceptors (Lipinski definition) is 8. The van der Waals surface area contributed by atoms with E-state index in [1.54, 1.807) is 0 Å². The van der Waals surface area contributed by atoms with Gasteiger partial charge in [-0.25, -0.2) is 0 Å². The molecule has 3 fully saturated rings. The van der Waals surface area contributed by atoms with Crippen LogP contribution < -0.4 is 9.47 Å². The molecule has 50 heavy (non-hydrogen) atoms. The lowest BCUT2D eigenvalue weighted by Crippen LogP contribution is -2.45. The number of aliphatic hydroxyl groups excluding tert-OH is 1. The number of hydrogen-bond donors (Lipinski definition) is 1. The first-order valence-electron chi connectivity index (χ1n) is 19.0. The van der Waals surface area contributed by atoms with E-state index in [0.717, 1.165) is 50.4 Å². The molecule has 274 valence electrons. The predicted octanol–water partition coefficient (Wildman–Crippen LogP) is 7.45. The lowest BCUT2D eigenvalue weighted by molar-refractivity contribution is -0.108. The van der Waals surface area contributed by atoms with Gasteiger partial charge in [-0.05, 0) is 89.8 Å². The Bertz CT molecular complexity index is 1470. The number of rotatable bonds is 21. The van der Waals surface area contributed by atoms with Crippen molar-refractivity contribution in [2.24, 2.45) is 0 Å². The maximum Gasteiger partial charge on any atom is 0.161 e. The molecular weight excluding hydrogens is 632 g/mol. The third kappa shape index (κ3) is 9.58. The molecule has 0 radical (unpaired) electrons. The van der Waals surface area contributed by atoms with Gasteiger partial charge in [0.25, 0.3) is 0 Å². The van der Waals surface area contributed by atoms with E-state index in [1.165, 1.54) is 33.4 Å². The molecule has 0 saturated carbocycles. The average Bonchev–Trinajstić information content (AvgIpc) is 3.96. The number of benzene rings is 2. The van der Waals surface area contributed by atoms with Crippen LogP contribution in [-0.4, -0.2) is 87.5 Å². The zero-order valence-corrected chi connectivity index (χ0v) is 31.0. The molecule has 3 saturated heterocycles. The van der Waals surface area contributed by atoms with Gasteiger partial charge in [-0.1, -0.05) is 71.7 Å². The molecular formula is C42H58O8. The monoisotopic (exact) mass is 690 g/mol. The van der Waals surface area contributed by atoms with Crippen LogP contribution >= 0.6 is 0 Å². The van der Waals surface area contributed by atoms with Gasteiger partial charge in [0, 0.05) is 5.92 Å². The number of aryl methyl sites for hydroxylation is 1. The molecule has 4 aliphatic rings. The fourth-order valence-electron chi connectivity index (χ4n) is 6.69. The molecule has 2 aromatic rings. The van der Waals surface area contributed by atoms with Gasteiger partial charge in [0.2, 0.25) is 0 Å². The Morgan fingerprint density at radius 3 is 1.96 bits per heavy atom. The SMILES string of the molecule is CCCC1=CC(OCC(O)CC)C(C)(OCC2CO2)C=C1C(c1ccc(C(C)C)cc1)c1cc(OCC2CO2)c(OCC2CO2)cc1CCC. The Hall–Kier alpha value is -2.72. The first-order chi connectivity index (χ1) is 24.2. The summed E-state index contributed by atoms with van der Waals surface area (Å²) in [5, 5.41) is 10.5. The fourth-order valence-corrected chi connectivity index (χ4v) is 6.69. The largest absolute Gasteiger partial charge is 0.487 e. The van der Waals surface area contributed by atoms with E-state index in [2.05, 4.69) is 83.2 Å². The summed E-state index contributed by atoms with van der Waals surface area (Å²) in [7, 11) is 0. The van der Waals surface area contributed by atoms with E-state index in [4.69, 9.17) is 33.2 Å². The van der Waals surface area contributed by atoms with Gasteiger partial charge >= 0.3 is 0 Å². The summed E-state index contributed by atoms with van der Waals surface area (Å²) in [6.07, 6.45) is 8.42. The number of allylic oxidation sites excluding steroid dienone is 2. The Balaban J connectivity index is 1.49.